The number of carbonyl (C=O) groups excluding carboxylic acids is 1. The third kappa shape index (κ3) is 3.34. The fraction of sp³-hybridized carbons (Fsp3) is 0.333. The van der Waals surface area contributed by atoms with E-state index in [0.29, 0.717) is 5.56 Å². The summed E-state index contributed by atoms with van der Waals surface area (Å²) in [5.74, 6) is -2.00. The SMILES string of the molecule is CCN(CC(N)=O)S(=O)(=O)c1cc(C(=O)O)ccc1C. The second-order valence-electron chi connectivity index (χ2n) is 4.18. The average Bonchev–Trinajstić information content (AvgIpc) is 2.35. The highest BCUT2D eigenvalue weighted by atomic mass is 32.2. The number of hydrogen-bond donors (Lipinski definition) is 2. The van der Waals surface area contributed by atoms with E-state index in [1.165, 1.54) is 12.1 Å². The van der Waals surface area contributed by atoms with E-state index in [2.05, 4.69) is 0 Å². The Morgan fingerprint density at radius 2 is 1.95 bits per heavy atom. The predicted molar refractivity (Wildman–Crippen MR) is 71.8 cm³/mol. The number of benzene rings is 1. The van der Waals surface area contributed by atoms with E-state index in [-0.39, 0.29) is 17.0 Å². The molecule has 1 amide bonds. The molecular weight excluding hydrogens is 284 g/mol. The summed E-state index contributed by atoms with van der Waals surface area (Å²) in [4.78, 5) is 21.7. The summed E-state index contributed by atoms with van der Waals surface area (Å²) in [5.41, 5.74) is 5.29. The van der Waals surface area contributed by atoms with Crippen molar-refractivity contribution in [2.75, 3.05) is 13.1 Å². The van der Waals surface area contributed by atoms with Crippen molar-refractivity contribution in [3.63, 3.8) is 0 Å². The maximum atomic E-state index is 12.4. The maximum absolute atomic E-state index is 12.4. The standard InChI is InChI=1S/C12H16N2O5S/c1-3-14(7-11(13)15)20(18,19)10-6-9(12(16)17)5-4-8(10)2/h4-6H,3,7H2,1-2H3,(H2,13,15)(H,16,17). The molecule has 3 N–H and O–H groups in total. The lowest BCUT2D eigenvalue weighted by Gasteiger charge is -2.20. The number of nitrogens with zero attached hydrogens (tertiary/aromatic N) is 1. The van der Waals surface area contributed by atoms with Crippen LogP contribution in [-0.4, -0.2) is 42.8 Å². The Labute approximate surface area is 117 Å². The predicted octanol–water partition coefficient (Wildman–Crippen LogP) is 0.189. The van der Waals surface area contributed by atoms with Crippen molar-refractivity contribution < 1.29 is 23.1 Å². The molecule has 0 atom stereocenters. The second kappa shape index (κ2) is 6.02. The Morgan fingerprint density at radius 3 is 2.40 bits per heavy atom. The van der Waals surface area contributed by atoms with Gasteiger partial charge in [-0.3, -0.25) is 4.79 Å². The third-order valence-corrected chi connectivity index (χ3v) is 4.80. The number of amides is 1. The molecule has 0 aliphatic rings. The van der Waals surface area contributed by atoms with Gasteiger partial charge < -0.3 is 10.8 Å². The molecule has 0 spiro atoms. The Kier molecular flexibility index (Phi) is 4.85. The van der Waals surface area contributed by atoms with Crippen molar-refractivity contribution in [2.24, 2.45) is 5.73 Å². The molecule has 0 saturated carbocycles. The molecule has 1 aromatic carbocycles. The molecule has 0 bridgehead atoms. The van der Waals surface area contributed by atoms with Crippen LogP contribution in [0.3, 0.4) is 0 Å². The van der Waals surface area contributed by atoms with Crippen molar-refractivity contribution in [1.29, 1.82) is 0 Å². The first-order valence-electron chi connectivity index (χ1n) is 5.82. The van der Waals surface area contributed by atoms with Crippen molar-refractivity contribution in [1.82, 2.24) is 4.31 Å². The van der Waals surface area contributed by atoms with Crippen molar-refractivity contribution >= 4 is 21.9 Å². The molecule has 20 heavy (non-hydrogen) atoms. The van der Waals surface area contributed by atoms with Crippen molar-refractivity contribution in [2.45, 2.75) is 18.7 Å². The van der Waals surface area contributed by atoms with E-state index < -0.39 is 28.4 Å². The van der Waals surface area contributed by atoms with E-state index in [1.807, 2.05) is 0 Å². The monoisotopic (exact) mass is 300 g/mol. The number of primary amides is 1. The number of nitrogens with two attached hydrogens (primary N) is 1. The minimum atomic E-state index is -3.96. The molecule has 0 aliphatic heterocycles. The van der Waals surface area contributed by atoms with Crippen LogP contribution in [0.2, 0.25) is 0 Å². The maximum Gasteiger partial charge on any atom is 0.335 e. The van der Waals surface area contributed by atoms with Gasteiger partial charge in [0.15, 0.2) is 0 Å². The first-order chi connectivity index (χ1) is 9.20. The molecule has 0 aromatic heterocycles. The molecule has 0 radical (unpaired) electrons. The second-order valence-corrected chi connectivity index (χ2v) is 6.09. The lowest BCUT2D eigenvalue weighted by atomic mass is 10.1. The topological polar surface area (TPSA) is 118 Å². The number of carboxylic acids is 1. The number of carboxylic acid groups (broad SMARTS) is 1. The highest BCUT2D eigenvalue weighted by Gasteiger charge is 2.26. The zero-order valence-corrected chi connectivity index (χ0v) is 12.0. The largest absolute Gasteiger partial charge is 0.478 e. The molecule has 1 aromatic rings. The van der Waals surface area contributed by atoms with Gasteiger partial charge in [-0.25, -0.2) is 13.2 Å². The summed E-state index contributed by atoms with van der Waals surface area (Å²) in [7, 11) is -3.96. The van der Waals surface area contributed by atoms with E-state index >= 15 is 0 Å². The average molecular weight is 300 g/mol. The molecule has 0 unspecified atom stereocenters. The fourth-order valence-electron chi connectivity index (χ4n) is 1.69. The first kappa shape index (κ1) is 16.1. The summed E-state index contributed by atoms with van der Waals surface area (Å²) < 4.78 is 25.7. The first-order valence-corrected chi connectivity index (χ1v) is 7.26. The van der Waals surface area contributed by atoms with Gasteiger partial charge in [0.05, 0.1) is 17.0 Å². The molecule has 110 valence electrons. The minimum Gasteiger partial charge on any atom is -0.478 e. The lowest BCUT2D eigenvalue weighted by Crippen LogP contribution is -2.38. The highest BCUT2D eigenvalue weighted by Crippen LogP contribution is 2.21. The number of rotatable bonds is 6. The van der Waals surface area contributed by atoms with E-state index in [4.69, 9.17) is 10.8 Å². The molecule has 0 aliphatic carbocycles. The Morgan fingerprint density at radius 1 is 1.35 bits per heavy atom. The zero-order valence-electron chi connectivity index (χ0n) is 11.2. The summed E-state index contributed by atoms with van der Waals surface area (Å²) in [5, 5.41) is 8.92. The van der Waals surface area contributed by atoms with Crippen LogP contribution in [0.5, 0.6) is 0 Å². The van der Waals surface area contributed by atoms with Crippen molar-refractivity contribution in [3.8, 4) is 0 Å². The smallest absolute Gasteiger partial charge is 0.335 e. The Hall–Kier alpha value is -1.93. The summed E-state index contributed by atoms with van der Waals surface area (Å²) in [6.45, 7) is 2.73. The van der Waals surface area contributed by atoms with Crippen LogP contribution in [0.15, 0.2) is 23.1 Å². The number of sulfonamides is 1. The number of hydrogen-bond acceptors (Lipinski definition) is 4. The van der Waals surface area contributed by atoms with Crippen LogP contribution in [0, 0.1) is 6.92 Å². The number of carbonyl (C=O) groups is 2. The van der Waals surface area contributed by atoms with Crippen LogP contribution in [0.4, 0.5) is 0 Å². The van der Waals surface area contributed by atoms with Crippen LogP contribution in [0.1, 0.15) is 22.8 Å². The number of aromatic carboxylic acids is 1. The van der Waals surface area contributed by atoms with Gasteiger partial charge in [-0.05, 0) is 24.6 Å². The normalized spacial score (nSPS) is 11.6. The number of likely N-dealkylation sites (N-methyl/N-ethyl adjacent to an activating group) is 1. The van der Waals surface area contributed by atoms with Gasteiger partial charge in [0.2, 0.25) is 15.9 Å². The molecule has 0 saturated heterocycles. The number of aryl methyl sites for hydroxylation is 1. The Balaban J connectivity index is 3.36. The van der Waals surface area contributed by atoms with Crippen LogP contribution in [0.25, 0.3) is 0 Å². The lowest BCUT2D eigenvalue weighted by molar-refractivity contribution is -0.118. The zero-order chi connectivity index (χ0) is 15.5. The molecule has 8 heteroatoms. The molecule has 1 rings (SSSR count). The summed E-state index contributed by atoms with van der Waals surface area (Å²) >= 11 is 0. The van der Waals surface area contributed by atoms with Gasteiger partial charge in [0.25, 0.3) is 0 Å². The van der Waals surface area contributed by atoms with Gasteiger partial charge in [-0.1, -0.05) is 13.0 Å². The molecule has 0 fully saturated rings. The van der Waals surface area contributed by atoms with E-state index in [1.54, 1.807) is 13.8 Å². The third-order valence-electron chi connectivity index (χ3n) is 2.74. The van der Waals surface area contributed by atoms with Gasteiger partial charge in [0.1, 0.15) is 0 Å². The van der Waals surface area contributed by atoms with Crippen LogP contribution in [-0.2, 0) is 14.8 Å². The van der Waals surface area contributed by atoms with Crippen molar-refractivity contribution in [3.05, 3.63) is 29.3 Å². The minimum absolute atomic E-state index is 0.0576. The van der Waals surface area contributed by atoms with E-state index in [0.717, 1.165) is 10.4 Å². The highest BCUT2D eigenvalue weighted by molar-refractivity contribution is 7.89. The van der Waals surface area contributed by atoms with Crippen LogP contribution >= 0.6 is 0 Å². The molecule has 0 heterocycles. The van der Waals surface area contributed by atoms with Crippen LogP contribution < -0.4 is 5.73 Å². The van der Waals surface area contributed by atoms with Gasteiger partial charge in [0, 0.05) is 6.54 Å². The van der Waals surface area contributed by atoms with Gasteiger partial charge >= 0.3 is 5.97 Å². The molecular formula is C12H16N2O5S. The van der Waals surface area contributed by atoms with Gasteiger partial charge in [-0.2, -0.15) is 4.31 Å². The summed E-state index contributed by atoms with van der Waals surface area (Å²) in [6, 6.07) is 3.81. The quantitative estimate of drug-likeness (QED) is 0.777. The summed E-state index contributed by atoms with van der Waals surface area (Å²) in [6.07, 6.45) is 0. The molecule has 7 nitrogen and oxygen atoms in total. The van der Waals surface area contributed by atoms with E-state index in [9.17, 15) is 18.0 Å². The van der Waals surface area contributed by atoms with Gasteiger partial charge in [-0.15, -0.1) is 0 Å². The Bertz CT molecular complexity index is 639. The fourth-order valence-corrected chi connectivity index (χ4v) is 3.36.